The Morgan fingerprint density at radius 1 is 1.25 bits per heavy atom. The van der Waals surface area contributed by atoms with Crippen LogP contribution in [0.25, 0.3) is 11.2 Å². The van der Waals surface area contributed by atoms with Gasteiger partial charge in [0.15, 0.2) is 17.0 Å². The molecule has 1 fully saturated rings. The molecule has 3 aromatic rings. The molecule has 0 atom stereocenters. The molecule has 0 spiro atoms. The second kappa shape index (κ2) is 6.58. The quantitative estimate of drug-likeness (QED) is 0.662. The second-order valence-electron chi connectivity index (χ2n) is 8.00. The summed E-state index contributed by atoms with van der Waals surface area (Å²) in [5, 5.41) is 8.88. The van der Waals surface area contributed by atoms with E-state index in [0.717, 1.165) is 0 Å². The van der Waals surface area contributed by atoms with Crippen molar-refractivity contribution in [2.45, 2.75) is 45.1 Å². The van der Waals surface area contributed by atoms with Crippen LogP contribution in [0.15, 0.2) is 18.3 Å². The van der Waals surface area contributed by atoms with Crippen LogP contribution in [0.3, 0.4) is 0 Å². The minimum Gasteiger partial charge on any atom is -0.348 e. The molecular formula is C18H20ClF2N7. The molecule has 0 N–H and O–H groups in total. The van der Waals surface area contributed by atoms with Crippen LogP contribution in [-0.2, 0) is 12.0 Å². The lowest BCUT2D eigenvalue weighted by atomic mass is 9.96. The summed E-state index contributed by atoms with van der Waals surface area (Å²) in [4.78, 5) is 15.1. The molecule has 0 unspecified atom stereocenters. The number of alkyl halides is 2. The molecule has 4 rings (SSSR count). The van der Waals surface area contributed by atoms with Crippen molar-refractivity contribution in [3.05, 3.63) is 34.9 Å². The summed E-state index contributed by atoms with van der Waals surface area (Å²) in [5.41, 5.74) is 1.13. The summed E-state index contributed by atoms with van der Waals surface area (Å²) in [5.74, 6) is -1.80. The molecule has 0 saturated carbocycles. The fourth-order valence-electron chi connectivity index (χ4n) is 3.10. The van der Waals surface area contributed by atoms with Gasteiger partial charge in [0.1, 0.15) is 5.82 Å². The maximum absolute atomic E-state index is 13.8. The van der Waals surface area contributed by atoms with Crippen molar-refractivity contribution in [2.75, 3.05) is 18.0 Å². The van der Waals surface area contributed by atoms with Gasteiger partial charge in [-0.1, -0.05) is 37.6 Å². The summed E-state index contributed by atoms with van der Waals surface area (Å²) < 4.78 is 29.2. The van der Waals surface area contributed by atoms with Gasteiger partial charge < -0.3 is 4.90 Å². The molecule has 1 aliphatic rings. The normalized spacial score (nSPS) is 16.9. The Hall–Kier alpha value is -2.42. The first kappa shape index (κ1) is 18.9. The van der Waals surface area contributed by atoms with Crippen LogP contribution in [-0.4, -0.2) is 49.0 Å². The Morgan fingerprint density at radius 2 is 2.04 bits per heavy atom. The van der Waals surface area contributed by atoms with E-state index in [1.54, 1.807) is 27.9 Å². The summed E-state index contributed by atoms with van der Waals surface area (Å²) in [7, 11) is 0. The minimum absolute atomic E-state index is 0.207. The molecule has 1 aliphatic heterocycles. The third kappa shape index (κ3) is 3.50. The highest BCUT2D eigenvalue weighted by molar-refractivity contribution is 6.31. The van der Waals surface area contributed by atoms with Gasteiger partial charge in [0.05, 0.1) is 23.8 Å². The van der Waals surface area contributed by atoms with Gasteiger partial charge in [-0.25, -0.2) is 23.4 Å². The molecule has 4 heterocycles. The Balaban J connectivity index is 1.84. The number of pyridine rings is 1. The Labute approximate surface area is 165 Å². The van der Waals surface area contributed by atoms with Crippen LogP contribution in [0.2, 0.25) is 5.02 Å². The topological polar surface area (TPSA) is 72.6 Å². The molecule has 0 radical (unpaired) electrons. The van der Waals surface area contributed by atoms with Crippen molar-refractivity contribution >= 4 is 28.6 Å². The van der Waals surface area contributed by atoms with E-state index in [9.17, 15) is 8.78 Å². The van der Waals surface area contributed by atoms with Crippen LogP contribution in [0, 0.1) is 0 Å². The summed E-state index contributed by atoms with van der Waals surface area (Å²) in [6.07, 6.45) is 1.44. The lowest BCUT2D eigenvalue weighted by Crippen LogP contribution is -2.27. The SMILES string of the molecule is CC(C)(C)c1nc(N2CCC(F)(F)C2)c2nnn(Cc3ncccc3Cl)c2n1. The largest absolute Gasteiger partial charge is 0.348 e. The van der Waals surface area contributed by atoms with E-state index in [2.05, 4.69) is 25.3 Å². The van der Waals surface area contributed by atoms with Crippen molar-refractivity contribution in [2.24, 2.45) is 0 Å². The fraction of sp³-hybridized carbons (Fsp3) is 0.500. The second-order valence-corrected chi connectivity index (χ2v) is 8.41. The van der Waals surface area contributed by atoms with Crippen molar-refractivity contribution in [3.63, 3.8) is 0 Å². The average Bonchev–Trinajstić information content (AvgIpc) is 3.18. The van der Waals surface area contributed by atoms with Gasteiger partial charge in [0, 0.05) is 24.6 Å². The number of hydrogen-bond acceptors (Lipinski definition) is 6. The van der Waals surface area contributed by atoms with Crippen molar-refractivity contribution in [1.82, 2.24) is 29.9 Å². The Kier molecular flexibility index (Phi) is 4.45. The van der Waals surface area contributed by atoms with Crippen LogP contribution < -0.4 is 4.90 Å². The van der Waals surface area contributed by atoms with Crippen LogP contribution in [0.1, 0.15) is 38.7 Å². The van der Waals surface area contributed by atoms with Gasteiger partial charge in [0.2, 0.25) is 0 Å². The number of aromatic nitrogens is 6. The summed E-state index contributed by atoms with van der Waals surface area (Å²) in [6.45, 7) is 6.01. The summed E-state index contributed by atoms with van der Waals surface area (Å²) in [6, 6.07) is 3.49. The third-order valence-corrected chi connectivity index (χ3v) is 4.96. The fourth-order valence-corrected chi connectivity index (χ4v) is 3.28. The molecule has 0 aromatic carbocycles. The number of anilines is 1. The molecule has 0 amide bonds. The van der Waals surface area contributed by atoms with Gasteiger partial charge in [-0.05, 0) is 12.1 Å². The zero-order valence-electron chi connectivity index (χ0n) is 15.8. The van der Waals surface area contributed by atoms with E-state index in [0.29, 0.717) is 33.5 Å². The van der Waals surface area contributed by atoms with Gasteiger partial charge in [-0.15, -0.1) is 5.10 Å². The monoisotopic (exact) mass is 407 g/mol. The van der Waals surface area contributed by atoms with E-state index in [-0.39, 0.29) is 31.5 Å². The van der Waals surface area contributed by atoms with Gasteiger partial charge in [-0.3, -0.25) is 4.98 Å². The zero-order valence-corrected chi connectivity index (χ0v) is 16.6. The average molecular weight is 408 g/mol. The predicted molar refractivity (Wildman–Crippen MR) is 102 cm³/mol. The molecule has 148 valence electrons. The van der Waals surface area contributed by atoms with E-state index in [4.69, 9.17) is 11.6 Å². The standard InChI is InChI=1S/C18H20ClF2N7/c1-17(2,3)16-23-14(27-8-6-18(20,21)10-27)13-15(24-16)28(26-25-13)9-12-11(19)5-4-7-22-12/h4-5,7H,6,8-10H2,1-3H3. The lowest BCUT2D eigenvalue weighted by molar-refractivity contribution is 0.0257. The van der Waals surface area contributed by atoms with E-state index in [1.807, 2.05) is 20.8 Å². The Morgan fingerprint density at radius 3 is 2.68 bits per heavy atom. The zero-order chi connectivity index (χ0) is 20.1. The minimum atomic E-state index is -2.74. The van der Waals surface area contributed by atoms with Crippen molar-refractivity contribution in [3.8, 4) is 0 Å². The predicted octanol–water partition coefficient (Wildman–Crippen LogP) is 3.46. The molecule has 7 nitrogen and oxygen atoms in total. The third-order valence-electron chi connectivity index (χ3n) is 4.62. The van der Waals surface area contributed by atoms with Gasteiger partial charge >= 0.3 is 0 Å². The maximum atomic E-state index is 13.8. The Bertz CT molecular complexity index is 1030. The van der Waals surface area contributed by atoms with E-state index >= 15 is 0 Å². The molecule has 3 aromatic heterocycles. The van der Waals surface area contributed by atoms with Gasteiger partial charge in [0.25, 0.3) is 5.92 Å². The van der Waals surface area contributed by atoms with Crippen molar-refractivity contribution in [1.29, 1.82) is 0 Å². The number of nitrogens with zero attached hydrogens (tertiary/aromatic N) is 7. The first-order chi connectivity index (χ1) is 13.1. The number of rotatable bonds is 3. The first-order valence-electron chi connectivity index (χ1n) is 8.98. The molecule has 28 heavy (non-hydrogen) atoms. The lowest BCUT2D eigenvalue weighted by Gasteiger charge is -2.22. The van der Waals surface area contributed by atoms with Gasteiger partial charge in [-0.2, -0.15) is 0 Å². The van der Waals surface area contributed by atoms with Crippen LogP contribution in [0.5, 0.6) is 0 Å². The van der Waals surface area contributed by atoms with Crippen LogP contribution >= 0.6 is 11.6 Å². The molecule has 1 saturated heterocycles. The maximum Gasteiger partial charge on any atom is 0.266 e. The highest BCUT2D eigenvalue weighted by Gasteiger charge is 2.40. The first-order valence-corrected chi connectivity index (χ1v) is 9.36. The molecular weight excluding hydrogens is 388 g/mol. The summed E-state index contributed by atoms with van der Waals surface area (Å²) >= 11 is 6.21. The number of fused-ring (bicyclic) bond motifs is 1. The molecule has 10 heteroatoms. The number of halogens is 3. The highest BCUT2D eigenvalue weighted by Crippen LogP contribution is 2.34. The van der Waals surface area contributed by atoms with E-state index in [1.165, 1.54) is 0 Å². The van der Waals surface area contributed by atoms with Crippen molar-refractivity contribution < 1.29 is 8.78 Å². The highest BCUT2D eigenvalue weighted by atomic mass is 35.5. The molecule has 0 aliphatic carbocycles. The smallest absolute Gasteiger partial charge is 0.266 e. The van der Waals surface area contributed by atoms with Crippen LogP contribution in [0.4, 0.5) is 14.6 Å². The number of hydrogen-bond donors (Lipinski definition) is 0. The molecule has 0 bridgehead atoms. The van der Waals surface area contributed by atoms with E-state index < -0.39 is 5.92 Å².